The molecule has 0 radical (unpaired) electrons. The first-order chi connectivity index (χ1) is 12.1. The van der Waals surface area contributed by atoms with Crippen molar-refractivity contribution < 1.29 is 30.0 Å². The first kappa shape index (κ1) is 17.3. The van der Waals surface area contributed by atoms with E-state index in [1.807, 2.05) is 13.8 Å². The van der Waals surface area contributed by atoms with Gasteiger partial charge < -0.3 is 25.2 Å². The van der Waals surface area contributed by atoms with E-state index in [-0.39, 0.29) is 12.0 Å². The maximum atomic E-state index is 13.3. The van der Waals surface area contributed by atoms with Gasteiger partial charge in [0.15, 0.2) is 5.78 Å². The quantitative estimate of drug-likeness (QED) is 0.463. The van der Waals surface area contributed by atoms with Gasteiger partial charge in [0, 0.05) is 17.3 Å². The second-order valence-electron chi connectivity index (χ2n) is 9.97. The standard InChI is InChI=1S/C20H28O6/c1-9-10-4-5-11-18-8-26-20(25,19(11,14(9)22)15(10)23)16(24)13(18)17(2,3)7-6-12(18)21/h10-13,15-16,21,23-25H,1,4-8H2,2-3H3/t10?,11-,12-,13+,15?,16-,18-,19?,20-/m0/s1. The van der Waals surface area contributed by atoms with Gasteiger partial charge in [0.1, 0.15) is 11.5 Å². The van der Waals surface area contributed by atoms with E-state index in [1.165, 1.54) is 0 Å². The number of fused-ring (bicyclic) bond motifs is 2. The maximum absolute atomic E-state index is 13.3. The zero-order valence-corrected chi connectivity index (χ0v) is 15.3. The van der Waals surface area contributed by atoms with Gasteiger partial charge in [0.2, 0.25) is 5.79 Å². The average molecular weight is 364 g/mol. The van der Waals surface area contributed by atoms with Gasteiger partial charge in [0.25, 0.3) is 0 Å². The van der Waals surface area contributed by atoms with Gasteiger partial charge >= 0.3 is 0 Å². The summed E-state index contributed by atoms with van der Waals surface area (Å²) in [7, 11) is 0. The Kier molecular flexibility index (Phi) is 3.07. The van der Waals surface area contributed by atoms with E-state index < -0.39 is 58.5 Å². The SMILES string of the molecule is C=C1C(=O)C23C(O)C1CC[C@H]2[C@]12CO[C@@]3(O)[C@@H](O)[C@@H]1C(C)(C)CC[C@@H]2O. The molecule has 6 nitrogen and oxygen atoms in total. The summed E-state index contributed by atoms with van der Waals surface area (Å²) in [6, 6.07) is 0. The van der Waals surface area contributed by atoms with Crippen molar-refractivity contribution in [3.05, 3.63) is 12.2 Å². The van der Waals surface area contributed by atoms with Crippen LogP contribution in [0.15, 0.2) is 12.2 Å². The summed E-state index contributed by atoms with van der Waals surface area (Å²) in [5.41, 5.74) is -2.49. The third-order valence-electron chi connectivity index (χ3n) is 8.88. The summed E-state index contributed by atoms with van der Waals surface area (Å²) in [5.74, 6) is -3.80. The maximum Gasteiger partial charge on any atom is 0.208 e. The van der Waals surface area contributed by atoms with Crippen LogP contribution in [0.25, 0.3) is 0 Å². The number of Topliss-reactive ketones (excluding diaryl/α,β-unsaturated/α-hetero) is 1. The van der Waals surface area contributed by atoms with Gasteiger partial charge in [-0.1, -0.05) is 20.4 Å². The fourth-order valence-corrected chi connectivity index (χ4v) is 7.90. The highest BCUT2D eigenvalue weighted by atomic mass is 16.6. The summed E-state index contributed by atoms with van der Waals surface area (Å²) >= 11 is 0. The van der Waals surface area contributed by atoms with E-state index in [2.05, 4.69) is 6.58 Å². The molecular formula is C20H28O6. The zero-order chi connectivity index (χ0) is 18.9. The molecular weight excluding hydrogens is 336 g/mol. The van der Waals surface area contributed by atoms with Crippen LogP contribution in [0.3, 0.4) is 0 Å². The minimum atomic E-state index is -2.15. The normalized spacial score (nSPS) is 59.9. The molecule has 6 fully saturated rings. The lowest BCUT2D eigenvalue weighted by Gasteiger charge is -2.74. The molecule has 4 aliphatic carbocycles. The molecule has 2 aliphatic heterocycles. The van der Waals surface area contributed by atoms with Crippen molar-refractivity contribution >= 4 is 5.78 Å². The number of carbonyl (C=O) groups is 1. The Labute approximate surface area is 152 Å². The van der Waals surface area contributed by atoms with Gasteiger partial charge in [-0.15, -0.1) is 0 Å². The summed E-state index contributed by atoms with van der Waals surface area (Å²) in [4.78, 5) is 13.3. The summed E-state index contributed by atoms with van der Waals surface area (Å²) < 4.78 is 5.80. The fraction of sp³-hybridized carbons (Fsp3) is 0.850. The van der Waals surface area contributed by atoms with Crippen LogP contribution >= 0.6 is 0 Å². The Bertz CT molecular complexity index is 717. The number of hydrogen-bond acceptors (Lipinski definition) is 6. The molecule has 144 valence electrons. The molecule has 0 aromatic carbocycles. The highest BCUT2D eigenvalue weighted by molar-refractivity contribution is 6.05. The molecule has 3 unspecified atom stereocenters. The predicted molar refractivity (Wildman–Crippen MR) is 90.7 cm³/mol. The van der Waals surface area contributed by atoms with Crippen LogP contribution in [0.5, 0.6) is 0 Å². The van der Waals surface area contributed by atoms with E-state index in [0.29, 0.717) is 24.8 Å². The van der Waals surface area contributed by atoms with Crippen LogP contribution in [0.1, 0.15) is 39.5 Å². The molecule has 6 rings (SSSR count). The topological polar surface area (TPSA) is 107 Å². The van der Waals surface area contributed by atoms with Crippen LogP contribution in [0.4, 0.5) is 0 Å². The lowest BCUT2D eigenvalue weighted by molar-refractivity contribution is -0.458. The van der Waals surface area contributed by atoms with Crippen LogP contribution in [0, 0.1) is 34.0 Å². The molecule has 26 heavy (non-hydrogen) atoms. The van der Waals surface area contributed by atoms with Crippen molar-refractivity contribution in [3.8, 4) is 0 Å². The highest BCUT2D eigenvalue weighted by Crippen LogP contribution is 2.76. The smallest absolute Gasteiger partial charge is 0.208 e. The summed E-state index contributed by atoms with van der Waals surface area (Å²) in [6.07, 6.45) is -0.747. The molecule has 4 bridgehead atoms. The van der Waals surface area contributed by atoms with E-state index in [9.17, 15) is 25.2 Å². The van der Waals surface area contributed by atoms with Gasteiger partial charge in [-0.2, -0.15) is 0 Å². The lowest BCUT2D eigenvalue weighted by atomic mass is 9.35. The first-order valence-electron chi connectivity index (χ1n) is 9.71. The molecule has 4 saturated carbocycles. The third-order valence-corrected chi connectivity index (χ3v) is 8.88. The Balaban J connectivity index is 1.81. The second-order valence-corrected chi connectivity index (χ2v) is 9.97. The molecule has 0 amide bonds. The first-order valence-corrected chi connectivity index (χ1v) is 9.71. The Morgan fingerprint density at radius 2 is 1.81 bits per heavy atom. The van der Waals surface area contributed by atoms with Gasteiger partial charge in [-0.25, -0.2) is 0 Å². The van der Waals surface area contributed by atoms with Crippen LogP contribution in [-0.4, -0.2) is 56.9 Å². The van der Waals surface area contributed by atoms with E-state index in [0.717, 1.165) is 6.42 Å². The van der Waals surface area contributed by atoms with Crippen molar-refractivity contribution in [1.82, 2.24) is 0 Å². The van der Waals surface area contributed by atoms with Crippen molar-refractivity contribution in [2.45, 2.75) is 63.6 Å². The van der Waals surface area contributed by atoms with Crippen molar-refractivity contribution in [2.75, 3.05) is 6.61 Å². The van der Waals surface area contributed by atoms with E-state index in [4.69, 9.17) is 4.74 Å². The van der Waals surface area contributed by atoms with Crippen LogP contribution < -0.4 is 0 Å². The number of carbonyl (C=O) groups excluding carboxylic acids is 1. The van der Waals surface area contributed by atoms with Crippen molar-refractivity contribution in [3.63, 3.8) is 0 Å². The Morgan fingerprint density at radius 1 is 1.12 bits per heavy atom. The molecule has 6 heteroatoms. The lowest BCUT2D eigenvalue weighted by Crippen LogP contribution is -2.85. The number of aliphatic hydroxyl groups is 4. The number of aliphatic hydroxyl groups excluding tert-OH is 3. The molecule has 2 saturated heterocycles. The van der Waals surface area contributed by atoms with Crippen molar-refractivity contribution in [2.24, 2.45) is 34.0 Å². The van der Waals surface area contributed by atoms with Gasteiger partial charge in [0.05, 0.1) is 18.8 Å². The monoisotopic (exact) mass is 364 g/mol. The largest absolute Gasteiger partial charge is 0.392 e. The Hall–Kier alpha value is -0.790. The zero-order valence-electron chi connectivity index (χ0n) is 15.3. The van der Waals surface area contributed by atoms with Crippen molar-refractivity contribution in [1.29, 1.82) is 0 Å². The molecule has 2 spiro atoms. The third kappa shape index (κ3) is 1.41. The number of ketones is 1. The second kappa shape index (κ2) is 4.61. The molecule has 0 aromatic rings. The van der Waals surface area contributed by atoms with E-state index >= 15 is 0 Å². The van der Waals surface area contributed by atoms with Gasteiger partial charge in [-0.3, -0.25) is 4.79 Å². The van der Waals surface area contributed by atoms with Crippen LogP contribution in [0.2, 0.25) is 0 Å². The molecule has 4 N–H and O–H groups in total. The fourth-order valence-electron chi connectivity index (χ4n) is 7.90. The Morgan fingerprint density at radius 3 is 2.50 bits per heavy atom. The minimum Gasteiger partial charge on any atom is -0.392 e. The number of ether oxygens (including phenoxy) is 1. The van der Waals surface area contributed by atoms with Crippen LogP contribution in [-0.2, 0) is 9.53 Å². The average Bonchev–Trinajstić information content (AvgIpc) is 2.69. The molecule has 9 atom stereocenters. The predicted octanol–water partition coefficient (Wildman–Crippen LogP) is 0.376. The van der Waals surface area contributed by atoms with E-state index in [1.54, 1.807) is 0 Å². The summed E-state index contributed by atoms with van der Waals surface area (Å²) in [6.45, 7) is 8.07. The number of hydrogen-bond donors (Lipinski definition) is 4. The molecule has 2 heterocycles. The molecule has 6 aliphatic rings. The highest BCUT2D eigenvalue weighted by Gasteiger charge is 2.86. The minimum absolute atomic E-state index is 0.0966. The molecule has 0 aromatic heterocycles. The summed E-state index contributed by atoms with van der Waals surface area (Å²) in [5, 5.41) is 45.1. The van der Waals surface area contributed by atoms with Gasteiger partial charge in [-0.05, 0) is 42.6 Å². The number of rotatable bonds is 0.